The first-order chi connectivity index (χ1) is 9.67. The fraction of sp³-hybridized carbons (Fsp3) is 0.467. The third-order valence-electron chi connectivity index (χ3n) is 3.15. The topological polar surface area (TPSA) is 39.9 Å². The van der Waals surface area contributed by atoms with Gasteiger partial charge in [0.15, 0.2) is 0 Å². The zero-order chi connectivity index (χ0) is 14.5. The normalized spacial score (nSPS) is 10.8. The van der Waals surface area contributed by atoms with Crippen LogP contribution in [0.2, 0.25) is 0 Å². The predicted octanol–water partition coefficient (Wildman–Crippen LogP) is 3.49. The fourth-order valence-electron chi connectivity index (χ4n) is 2.05. The molecule has 108 valence electrons. The standard InChI is InChI=1S/C15H20ClN3O/c1-4-12-8-13(19(5-2)18-12)10-20-15-7-6-11(3)17-14(15)9-16/h6-8H,4-5,9-10H2,1-3H3. The number of halogens is 1. The third kappa shape index (κ3) is 3.31. The first kappa shape index (κ1) is 14.9. The van der Waals surface area contributed by atoms with Crippen molar-refractivity contribution in [3.63, 3.8) is 0 Å². The average molecular weight is 294 g/mol. The number of alkyl halides is 1. The van der Waals surface area contributed by atoms with Crippen LogP contribution in [0.1, 0.15) is 36.6 Å². The smallest absolute Gasteiger partial charge is 0.142 e. The zero-order valence-electron chi connectivity index (χ0n) is 12.2. The third-order valence-corrected chi connectivity index (χ3v) is 3.40. The largest absolute Gasteiger partial charge is 0.485 e. The molecule has 2 heterocycles. The lowest BCUT2D eigenvalue weighted by Crippen LogP contribution is -2.07. The minimum atomic E-state index is 0.351. The Balaban J connectivity index is 2.14. The molecule has 2 rings (SSSR count). The van der Waals surface area contributed by atoms with Crippen LogP contribution in [0.5, 0.6) is 5.75 Å². The number of nitrogens with zero attached hydrogens (tertiary/aromatic N) is 3. The van der Waals surface area contributed by atoms with Gasteiger partial charge in [-0.1, -0.05) is 6.92 Å². The van der Waals surface area contributed by atoms with Gasteiger partial charge in [-0.25, -0.2) is 0 Å². The molecule has 0 radical (unpaired) electrons. The van der Waals surface area contributed by atoms with E-state index in [1.165, 1.54) is 0 Å². The number of rotatable bonds is 6. The first-order valence-corrected chi connectivity index (χ1v) is 7.42. The number of hydrogen-bond donors (Lipinski definition) is 0. The average Bonchev–Trinajstić information content (AvgIpc) is 2.88. The highest BCUT2D eigenvalue weighted by atomic mass is 35.5. The van der Waals surface area contributed by atoms with E-state index in [1.54, 1.807) is 0 Å². The van der Waals surface area contributed by atoms with Gasteiger partial charge in [0, 0.05) is 12.2 Å². The van der Waals surface area contributed by atoms with Crippen molar-refractivity contribution in [2.45, 2.75) is 46.2 Å². The summed E-state index contributed by atoms with van der Waals surface area (Å²) in [4.78, 5) is 4.39. The SMILES string of the molecule is CCc1cc(COc2ccc(C)nc2CCl)n(CC)n1. The maximum Gasteiger partial charge on any atom is 0.142 e. The molecule has 0 saturated heterocycles. The van der Waals surface area contributed by atoms with Crippen LogP contribution in [0, 0.1) is 6.92 Å². The van der Waals surface area contributed by atoms with E-state index in [2.05, 4.69) is 30.0 Å². The Bertz CT molecular complexity index is 580. The van der Waals surface area contributed by atoms with Gasteiger partial charge in [0.2, 0.25) is 0 Å². The van der Waals surface area contributed by atoms with Crippen molar-refractivity contribution in [2.75, 3.05) is 0 Å². The molecule has 0 N–H and O–H groups in total. The van der Waals surface area contributed by atoms with Gasteiger partial charge in [-0.15, -0.1) is 11.6 Å². The highest BCUT2D eigenvalue weighted by molar-refractivity contribution is 6.17. The summed E-state index contributed by atoms with van der Waals surface area (Å²) >= 11 is 5.91. The van der Waals surface area contributed by atoms with Gasteiger partial charge in [0.25, 0.3) is 0 Å². The minimum absolute atomic E-state index is 0.351. The Morgan fingerprint density at radius 2 is 2.10 bits per heavy atom. The maximum atomic E-state index is 5.91. The van der Waals surface area contributed by atoms with Crippen molar-refractivity contribution in [1.29, 1.82) is 0 Å². The molecule has 0 aliphatic heterocycles. The van der Waals surface area contributed by atoms with Crippen molar-refractivity contribution < 1.29 is 4.74 Å². The van der Waals surface area contributed by atoms with Crippen molar-refractivity contribution in [1.82, 2.24) is 14.8 Å². The van der Waals surface area contributed by atoms with Gasteiger partial charge >= 0.3 is 0 Å². The lowest BCUT2D eigenvalue weighted by atomic mass is 10.3. The fourth-order valence-corrected chi connectivity index (χ4v) is 2.25. The quantitative estimate of drug-likeness (QED) is 0.766. The van der Waals surface area contributed by atoms with Gasteiger partial charge in [-0.2, -0.15) is 5.10 Å². The van der Waals surface area contributed by atoms with E-state index in [1.807, 2.05) is 23.7 Å². The first-order valence-electron chi connectivity index (χ1n) is 6.88. The molecule has 5 heteroatoms. The second-order valence-electron chi connectivity index (χ2n) is 4.62. The zero-order valence-corrected chi connectivity index (χ0v) is 12.9. The summed E-state index contributed by atoms with van der Waals surface area (Å²) in [5.41, 5.74) is 3.89. The van der Waals surface area contributed by atoms with Crippen molar-refractivity contribution in [3.05, 3.63) is 41.0 Å². The Kier molecular flexibility index (Phi) is 5.01. The van der Waals surface area contributed by atoms with Gasteiger partial charge < -0.3 is 4.74 Å². The van der Waals surface area contributed by atoms with Gasteiger partial charge in [0.1, 0.15) is 12.4 Å². The molecule has 2 aromatic rings. The Morgan fingerprint density at radius 3 is 2.75 bits per heavy atom. The lowest BCUT2D eigenvalue weighted by molar-refractivity contribution is 0.288. The molecular formula is C15H20ClN3O. The van der Waals surface area contributed by atoms with Gasteiger partial charge in [-0.3, -0.25) is 9.67 Å². The van der Waals surface area contributed by atoms with E-state index in [9.17, 15) is 0 Å². The lowest BCUT2D eigenvalue weighted by Gasteiger charge is -2.10. The summed E-state index contributed by atoms with van der Waals surface area (Å²) in [5.74, 6) is 1.09. The summed E-state index contributed by atoms with van der Waals surface area (Å²) in [7, 11) is 0. The number of ether oxygens (including phenoxy) is 1. The van der Waals surface area contributed by atoms with Crippen LogP contribution in [-0.4, -0.2) is 14.8 Å². The molecule has 4 nitrogen and oxygen atoms in total. The highest BCUT2D eigenvalue weighted by Crippen LogP contribution is 2.20. The molecule has 0 unspecified atom stereocenters. The maximum absolute atomic E-state index is 5.91. The summed E-state index contributed by atoms with van der Waals surface area (Å²) in [6, 6.07) is 5.94. The monoisotopic (exact) mass is 293 g/mol. The molecule has 0 amide bonds. The second-order valence-corrected chi connectivity index (χ2v) is 4.88. The molecular weight excluding hydrogens is 274 g/mol. The van der Waals surface area contributed by atoms with Crippen LogP contribution in [0.3, 0.4) is 0 Å². The van der Waals surface area contributed by atoms with E-state index in [0.717, 1.165) is 41.5 Å². The molecule has 0 spiro atoms. The Hall–Kier alpha value is -1.55. The molecule has 0 saturated carbocycles. The molecule has 0 atom stereocenters. The second kappa shape index (κ2) is 6.75. The van der Waals surface area contributed by atoms with Crippen LogP contribution in [-0.2, 0) is 25.5 Å². The summed E-state index contributed by atoms with van der Waals surface area (Å²) in [6.07, 6.45) is 0.930. The van der Waals surface area contributed by atoms with Crippen molar-refractivity contribution >= 4 is 11.6 Å². The van der Waals surface area contributed by atoms with E-state index in [4.69, 9.17) is 16.3 Å². The van der Waals surface area contributed by atoms with Crippen LogP contribution >= 0.6 is 11.6 Å². The Morgan fingerprint density at radius 1 is 1.30 bits per heavy atom. The van der Waals surface area contributed by atoms with E-state index in [0.29, 0.717) is 12.5 Å². The highest BCUT2D eigenvalue weighted by Gasteiger charge is 2.09. The van der Waals surface area contributed by atoms with Crippen LogP contribution < -0.4 is 4.74 Å². The minimum Gasteiger partial charge on any atom is -0.485 e. The summed E-state index contributed by atoms with van der Waals surface area (Å²) < 4.78 is 7.83. The van der Waals surface area contributed by atoms with Crippen molar-refractivity contribution in [2.24, 2.45) is 0 Å². The van der Waals surface area contributed by atoms with E-state index < -0.39 is 0 Å². The summed E-state index contributed by atoms with van der Waals surface area (Å²) in [5, 5.41) is 4.51. The number of hydrogen-bond acceptors (Lipinski definition) is 3. The molecule has 0 aromatic carbocycles. The molecule has 0 bridgehead atoms. The van der Waals surface area contributed by atoms with Crippen LogP contribution in [0.4, 0.5) is 0 Å². The van der Waals surface area contributed by atoms with Gasteiger partial charge in [-0.05, 0) is 38.5 Å². The van der Waals surface area contributed by atoms with Crippen LogP contribution in [0.15, 0.2) is 18.2 Å². The van der Waals surface area contributed by atoms with Crippen LogP contribution in [0.25, 0.3) is 0 Å². The van der Waals surface area contributed by atoms with E-state index >= 15 is 0 Å². The molecule has 20 heavy (non-hydrogen) atoms. The molecule has 0 fully saturated rings. The van der Waals surface area contributed by atoms with Gasteiger partial charge in [0.05, 0.1) is 23.0 Å². The summed E-state index contributed by atoms with van der Waals surface area (Å²) in [6.45, 7) is 7.44. The molecule has 2 aromatic heterocycles. The Labute approximate surface area is 124 Å². The number of aromatic nitrogens is 3. The molecule has 0 aliphatic carbocycles. The number of aryl methyl sites for hydroxylation is 3. The van der Waals surface area contributed by atoms with E-state index in [-0.39, 0.29) is 0 Å². The van der Waals surface area contributed by atoms with Crippen molar-refractivity contribution in [3.8, 4) is 5.75 Å². The number of pyridine rings is 1. The predicted molar refractivity (Wildman–Crippen MR) is 80.1 cm³/mol. The molecule has 0 aliphatic rings.